The van der Waals surface area contributed by atoms with Gasteiger partial charge in [-0.25, -0.2) is 14.4 Å². The average molecular weight is 407 g/mol. The number of rotatable bonds is 6. The van der Waals surface area contributed by atoms with Gasteiger partial charge in [-0.1, -0.05) is 19.1 Å². The second kappa shape index (κ2) is 9.43. The topological polar surface area (TPSA) is 63.4 Å². The van der Waals surface area contributed by atoms with E-state index in [1.807, 2.05) is 32.0 Å². The number of hydrogen-bond acceptors (Lipinski definition) is 4. The number of nitrogens with zero attached hydrogens (tertiary/aromatic N) is 5. The highest BCUT2D eigenvalue weighted by Crippen LogP contribution is 2.20. The molecule has 7 heteroatoms. The third-order valence-electron chi connectivity index (χ3n) is 4.85. The number of amidine groups is 1. The summed E-state index contributed by atoms with van der Waals surface area (Å²) in [5.74, 6) is 0.939. The smallest absolute Gasteiger partial charge is 0.251 e. The van der Waals surface area contributed by atoms with E-state index in [1.165, 1.54) is 18.2 Å². The van der Waals surface area contributed by atoms with E-state index in [2.05, 4.69) is 21.9 Å². The maximum atomic E-state index is 13.5. The molecule has 2 heterocycles. The summed E-state index contributed by atoms with van der Waals surface area (Å²) in [6, 6.07) is 11.1. The number of hydrogen-bond donors (Lipinski definition) is 0. The quantitative estimate of drug-likeness (QED) is 0.447. The van der Waals surface area contributed by atoms with Gasteiger partial charge < -0.3 is 9.47 Å². The first kappa shape index (κ1) is 21.4. The van der Waals surface area contributed by atoms with Gasteiger partial charge in [0.25, 0.3) is 11.5 Å². The lowest BCUT2D eigenvalue weighted by molar-refractivity contribution is 0.593. The summed E-state index contributed by atoms with van der Waals surface area (Å²) in [5.41, 5.74) is 1.85. The molecule has 0 radical (unpaired) electrons. The molecule has 0 bridgehead atoms. The molecule has 0 aliphatic rings. The van der Waals surface area contributed by atoms with Gasteiger partial charge in [-0.3, -0.25) is 4.79 Å². The van der Waals surface area contributed by atoms with Crippen molar-refractivity contribution in [3.8, 4) is 11.3 Å². The Balaban J connectivity index is 1.92. The van der Waals surface area contributed by atoms with E-state index >= 15 is 0 Å². The molecule has 2 aromatic heterocycles. The van der Waals surface area contributed by atoms with Crippen molar-refractivity contribution in [1.29, 1.82) is 0 Å². The van der Waals surface area contributed by atoms with E-state index in [0.717, 1.165) is 24.2 Å². The maximum Gasteiger partial charge on any atom is 0.251 e. The van der Waals surface area contributed by atoms with Crippen LogP contribution >= 0.6 is 0 Å². The number of halogens is 1. The Morgan fingerprint density at radius 2 is 2.03 bits per heavy atom. The molecule has 0 spiro atoms. The van der Waals surface area contributed by atoms with Gasteiger partial charge in [0.15, 0.2) is 0 Å². The van der Waals surface area contributed by atoms with Gasteiger partial charge in [-0.05, 0) is 43.2 Å². The normalized spacial score (nSPS) is 12.6. The number of aliphatic imine (C=N–C) groups is 1. The van der Waals surface area contributed by atoms with E-state index < -0.39 is 0 Å². The van der Waals surface area contributed by atoms with E-state index in [4.69, 9.17) is 0 Å². The molecular weight excluding hydrogens is 381 g/mol. The zero-order valence-corrected chi connectivity index (χ0v) is 17.7. The first-order valence-electron chi connectivity index (χ1n) is 9.95. The minimum Gasteiger partial charge on any atom is -0.366 e. The number of aromatic nitrogens is 3. The SMILES string of the molecule is CCCC(=Nc1nccc(-c2ccn(C(C)c3cccc(F)c3)c(=O)c2)n1)N(C)C. The first-order valence-corrected chi connectivity index (χ1v) is 9.95. The fourth-order valence-electron chi connectivity index (χ4n) is 3.18. The Bertz CT molecular complexity index is 1110. The highest BCUT2D eigenvalue weighted by molar-refractivity contribution is 5.83. The summed E-state index contributed by atoms with van der Waals surface area (Å²) < 4.78 is 15.1. The van der Waals surface area contributed by atoms with Gasteiger partial charge >= 0.3 is 0 Å². The fourth-order valence-corrected chi connectivity index (χ4v) is 3.18. The largest absolute Gasteiger partial charge is 0.366 e. The van der Waals surface area contributed by atoms with Crippen molar-refractivity contribution in [2.24, 2.45) is 4.99 Å². The van der Waals surface area contributed by atoms with Crippen LogP contribution in [0.25, 0.3) is 11.3 Å². The molecule has 1 atom stereocenters. The zero-order valence-electron chi connectivity index (χ0n) is 17.7. The number of benzene rings is 1. The van der Waals surface area contributed by atoms with Gasteiger partial charge in [-0.15, -0.1) is 0 Å². The van der Waals surface area contributed by atoms with Crippen LogP contribution in [0.4, 0.5) is 10.3 Å². The molecule has 0 aliphatic heterocycles. The fraction of sp³-hybridized carbons (Fsp3) is 0.304. The van der Waals surface area contributed by atoms with E-state index in [9.17, 15) is 9.18 Å². The van der Waals surface area contributed by atoms with Gasteiger partial charge in [0, 0.05) is 44.5 Å². The molecule has 0 fully saturated rings. The van der Waals surface area contributed by atoms with Crippen LogP contribution in [-0.4, -0.2) is 39.4 Å². The molecule has 1 unspecified atom stereocenters. The van der Waals surface area contributed by atoms with Gasteiger partial charge in [0.1, 0.15) is 11.7 Å². The lowest BCUT2D eigenvalue weighted by atomic mass is 10.1. The van der Waals surface area contributed by atoms with Crippen LogP contribution in [0.15, 0.2) is 64.6 Å². The Kier molecular flexibility index (Phi) is 6.72. The van der Waals surface area contributed by atoms with E-state index in [0.29, 0.717) is 17.2 Å². The molecule has 156 valence electrons. The van der Waals surface area contributed by atoms with Crippen LogP contribution in [-0.2, 0) is 0 Å². The maximum absolute atomic E-state index is 13.5. The highest BCUT2D eigenvalue weighted by atomic mass is 19.1. The predicted octanol–water partition coefficient (Wildman–Crippen LogP) is 4.45. The van der Waals surface area contributed by atoms with Crippen molar-refractivity contribution in [2.45, 2.75) is 32.7 Å². The highest BCUT2D eigenvalue weighted by Gasteiger charge is 2.12. The van der Waals surface area contributed by atoms with Crippen molar-refractivity contribution in [2.75, 3.05) is 14.1 Å². The predicted molar refractivity (Wildman–Crippen MR) is 118 cm³/mol. The molecule has 0 amide bonds. The molecule has 6 nitrogen and oxygen atoms in total. The van der Waals surface area contributed by atoms with Crippen LogP contribution in [0.1, 0.15) is 38.3 Å². The summed E-state index contributed by atoms with van der Waals surface area (Å²) >= 11 is 0. The lowest BCUT2D eigenvalue weighted by Gasteiger charge is -2.16. The van der Waals surface area contributed by atoms with Crippen molar-refractivity contribution >= 4 is 11.8 Å². The summed E-state index contributed by atoms with van der Waals surface area (Å²) in [7, 11) is 3.88. The van der Waals surface area contributed by atoms with Gasteiger partial charge in [0.2, 0.25) is 0 Å². The van der Waals surface area contributed by atoms with Gasteiger partial charge in [0.05, 0.1) is 11.7 Å². The average Bonchev–Trinajstić information content (AvgIpc) is 2.73. The third-order valence-corrected chi connectivity index (χ3v) is 4.85. The first-order chi connectivity index (χ1) is 14.4. The Morgan fingerprint density at radius 1 is 1.23 bits per heavy atom. The monoisotopic (exact) mass is 407 g/mol. The molecule has 0 saturated heterocycles. The van der Waals surface area contributed by atoms with Gasteiger partial charge in [-0.2, -0.15) is 4.99 Å². The standard InChI is InChI=1S/C23H26FN5O/c1-5-7-21(28(3)4)27-23-25-12-10-20(26-23)18-11-13-29(22(30)15-18)16(2)17-8-6-9-19(24)14-17/h6,8-16H,5,7H2,1-4H3. The van der Waals surface area contributed by atoms with Crippen molar-refractivity contribution < 1.29 is 4.39 Å². The van der Waals surface area contributed by atoms with Crippen LogP contribution < -0.4 is 5.56 Å². The summed E-state index contributed by atoms with van der Waals surface area (Å²) in [5, 5.41) is 0. The second-order valence-electron chi connectivity index (χ2n) is 7.31. The number of pyridine rings is 1. The van der Waals surface area contributed by atoms with Crippen LogP contribution in [0.2, 0.25) is 0 Å². The Labute approximate surface area is 175 Å². The van der Waals surface area contributed by atoms with Crippen LogP contribution in [0.3, 0.4) is 0 Å². The van der Waals surface area contributed by atoms with Crippen LogP contribution in [0.5, 0.6) is 0 Å². The molecule has 1 aromatic carbocycles. The van der Waals surface area contributed by atoms with Crippen molar-refractivity contribution in [1.82, 2.24) is 19.4 Å². The molecule has 0 aliphatic carbocycles. The molecule has 0 saturated carbocycles. The minimum atomic E-state index is -0.321. The molecule has 30 heavy (non-hydrogen) atoms. The van der Waals surface area contributed by atoms with E-state index in [1.54, 1.807) is 35.2 Å². The second-order valence-corrected chi connectivity index (χ2v) is 7.31. The van der Waals surface area contributed by atoms with Crippen LogP contribution in [0, 0.1) is 5.82 Å². The Hall–Kier alpha value is -3.35. The molecular formula is C23H26FN5O. The lowest BCUT2D eigenvalue weighted by Crippen LogP contribution is -2.22. The Morgan fingerprint density at radius 3 is 2.70 bits per heavy atom. The van der Waals surface area contributed by atoms with Crippen molar-refractivity contribution in [3.05, 3.63) is 76.6 Å². The third kappa shape index (κ3) is 4.97. The molecule has 3 aromatic rings. The van der Waals surface area contributed by atoms with Crippen molar-refractivity contribution in [3.63, 3.8) is 0 Å². The van der Waals surface area contributed by atoms with E-state index in [-0.39, 0.29) is 17.4 Å². The summed E-state index contributed by atoms with van der Waals surface area (Å²) in [6.45, 7) is 3.96. The molecule has 0 N–H and O–H groups in total. The summed E-state index contributed by atoms with van der Waals surface area (Å²) in [6.07, 6.45) is 5.15. The summed E-state index contributed by atoms with van der Waals surface area (Å²) in [4.78, 5) is 28.0. The zero-order chi connectivity index (χ0) is 21.7. The minimum absolute atomic E-state index is 0.187. The molecule has 3 rings (SSSR count).